The predicted octanol–water partition coefficient (Wildman–Crippen LogP) is 7.13. The van der Waals surface area contributed by atoms with E-state index in [4.69, 9.17) is 25.5 Å². The number of para-hydroxylation sites is 2. The Hall–Kier alpha value is -4.95. The first-order valence-electron chi connectivity index (χ1n) is 12.4. The van der Waals surface area contributed by atoms with E-state index in [0.29, 0.717) is 50.1 Å². The number of hydrogen-bond donors (Lipinski definition) is 1. The van der Waals surface area contributed by atoms with Gasteiger partial charge in [-0.3, -0.25) is 14.6 Å². The van der Waals surface area contributed by atoms with E-state index in [1.807, 2.05) is 30.3 Å². The van der Waals surface area contributed by atoms with Gasteiger partial charge in [-0.2, -0.15) is 0 Å². The highest BCUT2D eigenvalue weighted by atomic mass is 35.5. The molecule has 0 saturated heterocycles. The predicted molar refractivity (Wildman–Crippen MR) is 152 cm³/mol. The van der Waals surface area contributed by atoms with Gasteiger partial charge in [0.15, 0.2) is 5.58 Å². The smallest absolute Gasteiger partial charge is 0.302 e. The fourth-order valence-electron chi connectivity index (χ4n) is 3.91. The number of halogens is 1. The molecule has 0 aliphatic rings. The minimum absolute atomic E-state index is 0.0282. The maximum atomic E-state index is 13.5. The normalized spacial score (nSPS) is 11.3. The Morgan fingerprint density at radius 3 is 2.40 bits per heavy atom. The Bertz CT molecular complexity index is 1770. The number of nitrogens with zero attached hydrogens (tertiary/aromatic N) is 2. The van der Waals surface area contributed by atoms with Crippen molar-refractivity contribution < 1.29 is 23.5 Å². The number of esters is 1. The molecular formula is C31H24ClN3O5. The third-order valence-corrected chi connectivity index (χ3v) is 6.22. The van der Waals surface area contributed by atoms with Crippen molar-refractivity contribution in [3.63, 3.8) is 0 Å². The number of aromatic nitrogens is 1. The lowest BCUT2D eigenvalue weighted by molar-refractivity contribution is -0.142. The second-order valence-electron chi connectivity index (χ2n) is 8.81. The third kappa shape index (κ3) is 6.19. The quantitative estimate of drug-likeness (QED) is 0.215. The van der Waals surface area contributed by atoms with Crippen molar-refractivity contribution in [3.05, 3.63) is 119 Å². The van der Waals surface area contributed by atoms with Gasteiger partial charge in [-0.05, 0) is 61.5 Å². The van der Waals surface area contributed by atoms with Gasteiger partial charge in [-0.1, -0.05) is 41.9 Å². The third-order valence-electron chi connectivity index (χ3n) is 5.89. The van der Waals surface area contributed by atoms with E-state index in [0.717, 1.165) is 0 Å². The summed E-state index contributed by atoms with van der Waals surface area (Å²) in [6, 6.07) is 25.1. The van der Waals surface area contributed by atoms with Crippen LogP contribution in [0.5, 0.6) is 11.5 Å². The summed E-state index contributed by atoms with van der Waals surface area (Å²) in [5, 5.41) is 3.78. The van der Waals surface area contributed by atoms with Gasteiger partial charge in [0.1, 0.15) is 23.7 Å². The van der Waals surface area contributed by atoms with Crippen LogP contribution in [0, 0.1) is 6.92 Å². The van der Waals surface area contributed by atoms with E-state index in [-0.39, 0.29) is 17.7 Å². The molecule has 0 saturated carbocycles. The molecule has 0 radical (unpaired) electrons. The van der Waals surface area contributed by atoms with Crippen molar-refractivity contribution in [1.82, 2.24) is 4.98 Å². The Balaban J connectivity index is 1.59. The van der Waals surface area contributed by atoms with Crippen molar-refractivity contribution in [3.8, 4) is 11.5 Å². The summed E-state index contributed by atoms with van der Waals surface area (Å²) in [6.07, 6.45) is 1.59. The molecule has 8 nitrogen and oxygen atoms in total. The summed E-state index contributed by atoms with van der Waals surface area (Å²) in [7, 11) is 0. The standard InChI is InChI=1S/C31H24ClN3O5/c1-19-29-25(21(17-33-19)18-38-20(2)36)16-26(30(37)35-28-11-7-6-10-27(28)32)31(40-29)34-22-12-14-24(15-13-22)39-23-8-4-3-5-9-23/h3-17H,18H2,1-2H3,(H,35,37). The maximum Gasteiger partial charge on any atom is 0.302 e. The number of nitrogens with one attached hydrogen (secondary N) is 1. The van der Waals surface area contributed by atoms with Crippen molar-refractivity contribution in [2.75, 3.05) is 5.32 Å². The zero-order valence-corrected chi connectivity index (χ0v) is 22.4. The Kier molecular flexibility index (Phi) is 7.89. The first-order valence-corrected chi connectivity index (χ1v) is 12.7. The lowest BCUT2D eigenvalue weighted by Gasteiger charge is -2.11. The largest absolute Gasteiger partial charge is 0.461 e. The number of carbonyl (C=O) groups is 2. The molecule has 5 aromatic rings. The molecule has 200 valence electrons. The summed E-state index contributed by atoms with van der Waals surface area (Å²) in [5.74, 6) is 0.429. The van der Waals surface area contributed by atoms with Crippen molar-refractivity contribution >= 4 is 45.8 Å². The number of benzene rings is 3. The molecule has 5 rings (SSSR count). The van der Waals surface area contributed by atoms with Gasteiger partial charge in [0.25, 0.3) is 5.91 Å². The highest BCUT2D eigenvalue weighted by Crippen LogP contribution is 2.26. The minimum Gasteiger partial charge on any atom is -0.461 e. The molecule has 0 aliphatic carbocycles. The monoisotopic (exact) mass is 553 g/mol. The van der Waals surface area contributed by atoms with Gasteiger partial charge in [0.2, 0.25) is 5.55 Å². The molecule has 40 heavy (non-hydrogen) atoms. The summed E-state index contributed by atoms with van der Waals surface area (Å²) < 4.78 is 17.3. The Morgan fingerprint density at radius 2 is 1.68 bits per heavy atom. The van der Waals surface area contributed by atoms with Crippen LogP contribution >= 0.6 is 11.6 Å². The van der Waals surface area contributed by atoms with Gasteiger partial charge in [-0.15, -0.1) is 0 Å². The number of rotatable bonds is 7. The van der Waals surface area contributed by atoms with Crippen LogP contribution in [0.15, 0.2) is 101 Å². The highest BCUT2D eigenvalue weighted by Gasteiger charge is 2.18. The lowest BCUT2D eigenvalue weighted by atomic mass is 10.1. The van der Waals surface area contributed by atoms with E-state index in [1.165, 1.54) is 6.92 Å². The lowest BCUT2D eigenvalue weighted by Crippen LogP contribution is -2.22. The number of aryl methyl sites for hydroxylation is 1. The fourth-order valence-corrected chi connectivity index (χ4v) is 4.09. The van der Waals surface area contributed by atoms with Crippen LogP contribution in [0.4, 0.5) is 11.4 Å². The molecule has 0 unspecified atom stereocenters. The summed E-state index contributed by atoms with van der Waals surface area (Å²) in [5.41, 5.74) is 2.80. The van der Waals surface area contributed by atoms with Crippen LogP contribution < -0.4 is 15.6 Å². The molecular weight excluding hydrogens is 530 g/mol. The van der Waals surface area contributed by atoms with Crippen LogP contribution in [0.2, 0.25) is 5.02 Å². The summed E-state index contributed by atoms with van der Waals surface area (Å²) in [6.45, 7) is 3.08. The first-order chi connectivity index (χ1) is 19.4. The van der Waals surface area contributed by atoms with Crippen LogP contribution in [-0.2, 0) is 16.1 Å². The summed E-state index contributed by atoms with van der Waals surface area (Å²) in [4.78, 5) is 34.0. The van der Waals surface area contributed by atoms with Crippen molar-refractivity contribution in [1.29, 1.82) is 0 Å². The van der Waals surface area contributed by atoms with E-state index in [1.54, 1.807) is 67.7 Å². The van der Waals surface area contributed by atoms with Crippen LogP contribution in [0.25, 0.3) is 11.0 Å². The first kappa shape index (κ1) is 26.6. The maximum absolute atomic E-state index is 13.5. The molecule has 1 amide bonds. The van der Waals surface area contributed by atoms with E-state index in [2.05, 4.69) is 15.3 Å². The number of hydrogen-bond acceptors (Lipinski definition) is 7. The molecule has 0 fully saturated rings. The van der Waals surface area contributed by atoms with Crippen molar-refractivity contribution in [2.45, 2.75) is 20.5 Å². The second kappa shape index (κ2) is 11.8. The number of amides is 1. The van der Waals surface area contributed by atoms with E-state index in [9.17, 15) is 9.59 Å². The van der Waals surface area contributed by atoms with E-state index >= 15 is 0 Å². The summed E-state index contributed by atoms with van der Waals surface area (Å²) >= 11 is 6.28. The fraction of sp³-hybridized carbons (Fsp3) is 0.0968. The molecule has 2 aromatic heterocycles. The van der Waals surface area contributed by atoms with Crippen molar-refractivity contribution in [2.24, 2.45) is 4.99 Å². The molecule has 1 N–H and O–H groups in total. The number of anilines is 1. The van der Waals surface area contributed by atoms with Crippen LogP contribution in [-0.4, -0.2) is 16.9 Å². The number of ether oxygens (including phenoxy) is 2. The van der Waals surface area contributed by atoms with E-state index < -0.39 is 11.9 Å². The number of carbonyl (C=O) groups excluding carboxylic acids is 2. The molecule has 0 atom stereocenters. The topological polar surface area (TPSA) is 103 Å². The SMILES string of the molecule is CC(=O)OCc1cnc(C)c2oc(=Nc3ccc(Oc4ccccc4)cc3)c(C(=O)Nc3ccccc3Cl)cc12. The molecule has 0 spiro atoms. The highest BCUT2D eigenvalue weighted by molar-refractivity contribution is 6.33. The van der Waals surface area contributed by atoms with Crippen LogP contribution in [0.1, 0.15) is 28.5 Å². The molecule has 3 aromatic carbocycles. The molecule has 0 bridgehead atoms. The average Bonchev–Trinajstić information content (AvgIpc) is 2.95. The molecule has 0 aliphatic heterocycles. The Morgan fingerprint density at radius 1 is 0.975 bits per heavy atom. The van der Waals surface area contributed by atoms with Crippen LogP contribution in [0.3, 0.4) is 0 Å². The number of fused-ring (bicyclic) bond motifs is 1. The van der Waals surface area contributed by atoms with Gasteiger partial charge in [0.05, 0.1) is 22.1 Å². The van der Waals surface area contributed by atoms with Gasteiger partial charge in [0, 0.05) is 24.1 Å². The minimum atomic E-state index is -0.477. The Labute approximate surface area is 234 Å². The zero-order valence-electron chi connectivity index (χ0n) is 21.7. The molecule has 2 heterocycles. The van der Waals surface area contributed by atoms with Gasteiger partial charge < -0.3 is 19.2 Å². The second-order valence-corrected chi connectivity index (χ2v) is 9.22. The van der Waals surface area contributed by atoms with Gasteiger partial charge >= 0.3 is 5.97 Å². The average molecular weight is 554 g/mol. The zero-order chi connectivity index (χ0) is 28.1. The molecule has 9 heteroatoms. The van der Waals surface area contributed by atoms with Gasteiger partial charge in [-0.25, -0.2) is 4.99 Å². The number of pyridine rings is 1.